The Kier molecular flexibility index (Phi) is 27.0. The minimum atomic E-state index is 0.287. The van der Waals surface area contributed by atoms with Crippen LogP contribution in [-0.4, -0.2) is 65.7 Å². The molecule has 0 radical (unpaired) electrons. The van der Waals surface area contributed by atoms with Gasteiger partial charge >= 0.3 is 0 Å². The maximum absolute atomic E-state index is 6.33. The number of fused-ring (bicyclic) bond motifs is 1. The molecule has 0 heterocycles. The zero-order valence-electron chi connectivity index (χ0n) is 38.2. The molecule has 336 valence electrons. The van der Waals surface area contributed by atoms with Crippen LogP contribution in [0.15, 0.2) is 60.7 Å². The topological polar surface area (TPSA) is 193 Å². The largest absolute Gasteiger partial charge is 0.490 e. The van der Waals surface area contributed by atoms with Crippen LogP contribution in [0.1, 0.15) is 129 Å². The third-order valence-corrected chi connectivity index (χ3v) is 10.5. The van der Waals surface area contributed by atoms with Gasteiger partial charge in [0.15, 0.2) is 23.0 Å². The average molecular weight is 831 g/mol. The van der Waals surface area contributed by atoms with Crippen LogP contribution in [0.25, 0.3) is 33.0 Å². The summed E-state index contributed by atoms with van der Waals surface area (Å²) in [7, 11) is 0. The molecule has 0 fully saturated rings. The lowest BCUT2D eigenvalue weighted by atomic mass is 9.91. The van der Waals surface area contributed by atoms with Crippen molar-refractivity contribution >= 4 is 10.8 Å². The van der Waals surface area contributed by atoms with Crippen LogP contribution in [0.3, 0.4) is 0 Å². The summed E-state index contributed by atoms with van der Waals surface area (Å²) in [5.41, 5.74) is 40.2. The molecule has 0 saturated heterocycles. The van der Waals surface area contributed by atoms with Gasteiger partial charge in [0.1, 0.15) is 0 Å². The van der Waals surface area contributed by atoms with Crippen molar-refractivity contribution in [3.05, 3.63) is 71.8 Å². The molecule has 4 rings (SSSR count). The van der Waals surface area contributed by atoms with E-state index in [1.54, 1.807) is 0 Å². The number of unbranched alkanes of at least 4 members (excludes halogenated alkanes) is 2. The lowest BCUT2D eigenvalue weighted by molar-refractivity contribution is 0.262. The van der Waals surface area contributed by atoms with E-state index in [1.165, 1.54) is 31.1 Å². The molecule has 0 aliphatic rings. The van der Waals surface area contributed by atoms with E-state index in [4.69, 9.17) is 53.3 Å². The molecule has 0 aliphatic heterocycles. The smallest absolute Gasteiger partial charge is 0.164 e. The van der Waals surface area contributed by atoms with Crippen LogP contribution in [0.5, 0.6) is 23.0 Å². The molecule has 0 amide bonds. The second kappa shape index (κ2) is 31.0. The molecular weight excluding hydrogens is 749 g/mol. The fourth-order valence-electron chi connectivity index (χ4n) is 6.34. The summed E-state index contributed by atoms with van der Waals surface area (Å²) < 4.78 is 25.3. The minimum Gasteiger partial charge on any atom is -0.490 e. The Morgan fingerprint density at radius 1 is 0.400 bits per heavy atom. The third-order valence-electron chi connectivity index (χ3n) is 10.5. The first-order valence-corrected chi connectivity index (χ1v) is 22.8. The minimum absolute atomic E-state index is 0.287. The second-order valence-corrected chi connectivity index (χ2v) is 15.4. The highest BCUT2D eigenvalue weighted by Crippen LogP contribution is 2.44. The van der Waals surface area contributed by atoms with Crippen LogP contribution < -0.4 is 53.3 Å². The summed E-state index contributed by atoms with van der Waals surface area (Å²) in [6.07, 6.45) is 9.82. The molecule has 2 atom stereocenters. The van der Waals surface area contributed by atoms with Gasteiger partial charge < -0.3 is 53.3 Å². The average Bonchev–Trinajstić information content (AvgIpc) is 3.27. The van der Waals surface area contributed by atoms with Gasteiger partial charge in [0.25, 0.3) is 0 Å². The van der Waals surface area contributed by atoms with Crippen LogP contribution >= 0.6 is 0 Å². The van der Waals surface area contributed by atoms with Crippen molar-refractivity contribution in [1.29, 1.82) is 0 Å². The van der Waals surface area contributed by atoms with Crippen LogP contribution in [0.4, 0.5) is 0 Å². The van der Waals surface area contributed by atoms with E-state index in [1.807, 2.05) is 0 Å². The molecule has 0 saturated carbocycles. The Hall–Kier alpha value is -3.90. The van der Waals surface area contributed by atoms with Gasteiger partial charge in [-0.3, -0.25) is 0 Å². The number of nitrogens with two attached hydrogens (primary N) is 6. The van der Waals surface area contributed by atoms with Crippen molar-refractivity contribution < 1.29 is 18.9 Å². The summed E-state index contributed by atoms with van der Waals surface area (Å²) >= 11 is 0. The zero-order valence-corrected chi connectivity index (χ0v) is 38.2. The van der Waals surface area contributed by atoms with E-state index in [-0.39, 0.29) is 11.8 Å². The van der Waals surface area contributed by atoms with Crippen LogP contribution in [0, 0.1) is 0 Å². The molecule has 2 unspecified atom stereocenters. The lowest BCUT2D eigenvalue weighted by Gasteiger charge is -2.22. The highest BCUT2D eigenvalue weighted by molar-refractivity contribution is 5.91. The van der Waals surface area contributed by atoms with E-state index in [0.717, 1.165) is 113 Å². The fraction of sp³-hybridized carbons (Fsp3) is 0.560. The van der Waals surface area contributed by atoms with Gasteiger partial charge in [0.2, 0.25) is 0 Å². The van der Waals surface area contributed by atoms with Crippen molar-refractivity contribution in [3.63, 3.8) is 0 Å². The van der Waals surface area contributed by atoms with E-state index >= 15 is 0 Å². The number of ether oxygens (including phenoxy) is 4. The Bertz CT molecular complexity index is 1630. The Labute approximate surface area is 363 Å². The maximum atomic E-state index is 6.33. The first kappa shape index (κ1) is 52.2. The van der Waals surface area contributed by atoms with Crippen molar-refractivity contribution in [3.8, 4) is 45.3 Å². The van der Waals surface area contributed by atoms with Crippen molar-refractivity contribution in [2.75, 3.05) is 65.7 Å². The SMILES string of the molecule is CCC(C)c1cc(-c2ccc3ccc(-c4cc(OCCCN)c(OCCCN)c(C(C)CC)c4)cc3c2)cc(OCCCN)c1OCCCN.CCCCN.CCCCN. The molecule has 10 heteroatoms. The molecule has 4 aromatic rings. The Balaban J connectivity index is 0.00000111. The molecular formula is C50H82N6O4. The molecule has 10 nitrogen and oxygen atoms in total. The quantitative estimate of drug-likeness (QED) is 0.0332. The highest BCUT2D eigenvalue weighted by atomic mass is 16.5. The molecule has 0 aliphatic carbocycles. The summed E-state index contributed by atoms with van der Waals surface area (Å²) in [5, 5.41) is 2.32. The molecule has 60 heavy (non-hydrogen) atoms. The first-order valence-electron chi connectivity index (χ1n) is 22.8. The van der Waals surface area contributed by atoms with E-state index < -0.39 is 0 Å². The summed E-state index contributed by atoms with van der Waals surface area (Å²) in [6, 6.07) is 22.0. The van der Waals surface area contributed by atoms with Crippen LogP contribution in [0.2, 0.25) is 0 Å². The molecule has 0 bridgehead atoms. The number of benzene rings is 4. The van der Waals surface area contributed by atoms with E-state index in [0.29, 0.717) is 52.6 Å². The molecule has 0 spiro atoms. The van der Waals surface area contributed by atoms with E-state index in [2.05, 4.69) is 102 Å². The van der Waals surface area contributed by atoms with Gasteiger partial charge in [0.05, 0.1) is 26.4 Å². The number of hydrogen-bond donors (Lipinski definition) is 6. The van der Waals surface area contributed by atoms with E-state index in [9.17, 15) is 0 Å². The summed E-state index contributed by atoms with van der Waals surface area (Å²) in [5.74, 6) is 3.71. The second-order valence-electron chi connectivity index (χ2n) is 15.4. The lowest BCUT2D eigenvalue weighted by Crippen LogP contribution is -2.11. The van der Waals surface area contributed by atoms with Gasteiger partial charge in [-0.15, -0.1) is 0 Å². The van der Waals surface area contributed by atoms with Gasteiger partial charge in [0, 0.05) is 11.1 Å². The molecule has 0 aromatic heterocycles. The first-order chi connectivity index (χ1) is 29.2. The van der Waals surface area contributed by atoms with Gasteiger partial charge in [-0.2, -0.15) is 0 Å². The monoisotopic (exact) mass is 831 g/mol. The highest BCUT2D eigenvalue weighted by Gasteiger charge is 2.21. The van der Waals surface area contributed by atoms with Gasteiger partial charge in [-0.1, -0.05) is 78.6 Å². The Morgan fingerprint density at radius 3 is 1.05 bits per heavy atom. The van der Waals surface area contributed by atoms with Crippen molar-refractivity contribution in [2.45, 2.75) is 118 Å². The normalized spacial score (nSPS) is 11.9. The zero-order chi connectivity index (χ0) is 44.1. The standard InChI is InChI=1S/C42H60N4O4.2C4H11N/c1-5-29(3)37-25-35(27-39(47-19-7-15-43)41(37)49-21-9-17-45)32-13-11-31-12-14-33(24-34(31)23-32)36-26-38(30(4)6-2)42(50-22-10-18-46)40(28-36)48-20-8-16-44;2*1-2-3-4-5/h11-14,23-30H,5-10,15-22,43-46H2,1-4H3;2*2-5H2,1H3. The Morgan fingerprint density at radius 2 is 0.750 bits per heavy atom. The fourth-order valence-corrected chi connectivity index (χ4v) is 6.34. The molecule has 12 N–H and O–H groups in total. The third kappa shape index (κ3) is 17.2. The van der Waals surface area contributed by atoms with Gasteiger partial charge in [-0.05, 0) is 172 Å². The van der Waals surface area contributed by atoms with Crippen molar-refractivity contribution in [2.24, 2.45) is 34.4 Å². The summed E-state index contributed by atoms with van der Waals surface area (Å²) in [6.45, 7) is 19.3. The van der Waals surface area contributed by atoms with Crippen molar-refractivity contribution in [1.82, 2.24) is 0 Å². The predicted molar refractivity (Wildman–Crippen MR) is 257 cm³/mol. The maximum Gasteiger partial charge on any atom is 0.164 e. The summed E-state index contributed by atoms with van der Waals surface area (Å²) in [4.78, 5) is 0. The molecule has 4 aromatic carbocycles. The van der Waals surface area contributed by atoms with Crippen LogP contribution in [-0.2, 0) is 0 Å². The predicted octanol–water partition coefficient (Wildman–Crippen LogP) is 9.60. The number of rotatable bonds is 26. The number of hydrogen-bond acceptors (Lipinski definition) is 10. The van der Waals surface area contributed by atoms with Gasteiger partial charge in [-0.25, -0.2) is 0 Å².